The average Bonchev–Trinajstić information content (AvgIpc) is 2.26. The van der Waals surface area contributed by atoms with Crippen molar-refractivity contribution in [1.82, 2.24) is 4.98 Å². The predicted molar refractivity (Wildman–Crippen MR) is 66.4 cm³/mol. The molecule has 16 heavy (non-hydrogen) atoms. The summed E-state index contributed by atoms with van der Waals surface area (Å²) in [5, 5.41) is 10.4. The van der Waals surface area contributed by atoms with Gasteiger partial charge in [0, 0.05) is 11.1 Å². The highest BCUT2D eigenvalue weighted by Gasteiger charge is 2.11. The lowest BCUT2D eigenvalue weighted by Gasteiger charge is -2.07. The zero-order valence-corrected chi connectivity index (χ0v) is 10.2. The van der Waals surface area contributed by atoms with Crippen molar-refractivity contribution in [3.63, 3.8) is 0 Å². The Morgan fingerprint density at radius 1 is 1.06 bits per heavy atom. The summed E-state index contributed by atoms with van der Waals surface area (Å²) in [6.07, 6.45) is 1.27. The van der Waals surface area contributed by atoms with Crippen LogP contribution in [0.5, 0.6) is 5.75 Å². The van der Waals surface area contributed by atoms with E-state index >= 15 is 0 Å². The van der Waals surface area contributed by atoms with Crippen LogP contribution < -0.4 is 0 Å². The Morgan fingerprint density at radius 3 is 2.56 bits per heavy atom. The lowest BCUT2D eigenvalue weighted by molar-refractivity contribution is 0.473. The van der Waals surface area contributed by atoms with Gasteiger partial charge in [0.15, 0.2) is 0 Å². The summed E-state index contributed by atoms with van der Waals surface area (Å²) in [5.74, 6) is 0.0236. The van der Waals surface area contributed by atoms with Crippen LogP contribution in [0.3, 0.4) is 0 Å². The van der Waals surface area contributed by atoms with Gasteiger partial charge >= 0.3 is 0 Å². The van der Waals surface area contributed by atoms with Crippen LogP contribution in [0.15, 0.2) is 30.5 Å². The zero-order chi connectivity index (χ0) is 11.7. The van der Waals surface area contributed by atoms with Gasteiger partial charge in [-0.15, -0.1) is 0 Å². The maximum absolute atomic E-state index is 9.36. The summed E-state index contributed by atoms with van der Waals surface area (Å²) < 4.78 is 0. The highest BCUT2D eigenvalue weighted by Crippen LogP contribution is 2.37. The van der Waals surface area contributed by atoms with E-state index < -0.39 is 0 Å². The number of aromatic hydroxyl groups is 1. The van der Waals surface area contributed by atoms with Gasteiger partial charge in [0.1, 0.15) is 10.9 Å². The van der Waals surface area contributed by atoms with E-state index in [-0.39, 0.29) is 10.9 Å². The van der Waals surface area contributed by atoms with Gasteiger partial charge in [-0.1, -0.05) is 46.9 Å². The molecule has 0 fully saturated rings. The van der Waals surface area contributed by atoms with E-state index in [1.165, 1.54) is 12.3 Å². The Balaban J connectivity index is 2.67. The van der Waals surface area contributed by atoms with Crippen molar-refractivity contribution >= 4 is 34.8 Å². The molecule has 0 saturated carbocycles. The maximum Gasteiger partial charge on any atom is 0.137 e. The summed E-state index contributed by atoms with van der Waals surface area (Å²) in [6.45, 7) is 0. The predicted octanol–water partition coefficient (Wildman–Crippen LogP) is 4.41. The van der Waals surface area contributed by atoms with Gasteiger partial charge in [0.2, 0.25) is 0 Å². The number of nitrogens with zero attached hydrogens (tertiary/aromatic N) is 1. The monoisotopic (exact) mass is 273 g/mol. The molecule has 82 valence electrons. The van der Waals surface area contributed by atoms with Gasteiger partial charge in [-0.05, 0) is 12.1 Å². The molecule has 0 spiro atoms. The number of aromatic nitrogens is 1. The fourth-order valence-electron chi connectivity index (χ4n) is 1.34. The molecule has 0 saturated heterocycles. The third-order valence-corrected chi connectivity index (χ3v) is 3.19. The quantitative estimate of drug-likeness (QED) is 0.781. The van der Waals surface area contributed by atoms with Gasteiger partial charge in [0.25, 0.3) is 0 Å². The lowest BCUT2D eigenvalue weighted by Crippen LogP contribution is -1.85. The minimum Gasteiger partial charge on any atom is -0.506 e. The Hall–Kier alpha value is -0.960. The van der Waals surface area contributed by atoms with E-state index in [9.17, 15) is 5.11 Å². The molecule has 0 atom stereocenters. The normalized spacial score (nSPS) is 10.4. The molecule has 1 aromatic carbocycles. The Morgan fingerprint density at radius 2 is 1.81 bits per heavy atom. The van der Waals surface area contributed by atoms with Crippen LogP contribution in [0.4, 0.5) is 0 Å². The van der Waals surface area contributed by atoms with Gasteiger partial charge < -0.3 is 5.11 Å². The van der Waals surface area contributed by atoms with E-state index in [2.05, 4.69) is 4.98 Å². The molecule has 0 amide bonds. The second-order valence-corrected chi connectivity index (χ2v) is 4.28. The summed E-state index contributed by atoms with van der Waals surface area (Å²) in [5.41, 5.74) is 1.19. The van der Waals surface area contributed by atoms with Crippen molar-refractivity contribution < 1.29 is 5.11 Å². The third-order valence-electron chi connectivity index (χ3n) is 2.07. The molecule has 0 radical (unpaired) electrons. The highest BCUT2D eigenvalue weighted by molar-refractivity contribution is 6.44. The fraction of sp³-hybridized carbons (Fsp3) is 0. The molecule has 1 heterocycles. The molecule has 1 N–H and O–H groups in total. The van der Waals surface area contributed by atoms with Crippen LogP contribution in [-0.4, -0.2) is 10.1 Å². The summed E-state index contributed by atoms with van der Waals surface area (Å²) in [7, 11) is 0. The average molecular weight is 275 g/mol. The summed E-state index contributed by atoms with van der Waals surface area (Å²) in [6, 6.07) is 6.69. The molecule has 2 aromatic rings. The topological polar surface area (TPSA) is 33.1 Å². The van der Waals surface area contributed by atoms with Crippen molar-refractivity contribution in [3.8, 4) is 16.9 Å². The largest absolute Gasteiger partial charge is 0.506 e. The van der Waals surface area contributed by atoms with Crippen molar-refractivity contribution in [1.29, 1.82) is 0 Å². The van der Waals surface area contributed by atoms with Crippen LogP contribution in [0.2, 0.25) is 15.2 Å². The molecule has 0 unspecified atom stereocenters. The Labute approximate surface area is 107 Å². The first kappa shape index (κ1) is 11.5. The first-order valence-corrected chi connectivity index (χ1v) is 5.52. The molecular formula is C11H6Cl3NO. The van der Waals surface area contributed by atoms with Crippen LogP contribution in [0.1, 0.15) is 0 Å². The van der Waals surface area contributed by atoms with Gasteiger partial charge in [-0.25, -0.2) is 4.98 Å². The fourth-order valence-corrected chi connectivity index (χ4v) is 1.95. The van der Waals surface area contributed by atoms with Gasteiger partial charge in [0.05, 0.1) is 16.2 Å². The van der Waals surface area contributed by atoms with Crippen LogP contribution >= 0.6 is 34.8 Å². The second kappa shape index (κ2) is 4.50. The van der Waals surface area contributed by atoms with E-state index in [0.29, 0.717) is 21.2 Å². The summed E-state index contributed by atoms with van der Waals surface area (Å²) in [4.78, 5) is 3.84. The van der Waals surface area contributed by atoms with Crippen molar-refractivity contribution in [3.05, 3.63) is 45.7 Å². The van der Waals surface area contributed by atoms with Crippen molar-refractivity contribution in [2.75, 3.05) is 0 Å². The highest BCUT2D eigenvalue weighted by atomic mass is 35.5. The molecule has 0 aliphatic rings. The SMILES string of the molecule is Oc1cnc(Cl)c(-c2cccc(Cl)c2Cl)c1. The lowest BCUT2D eigenvalue weighted by atomic mass is 10.1. The first-order chi connectivity index (χ1) is 7.59. The van der Waals surface area contributed by atoms with E-state index in [4.69, 9.17) is 34.8 Å². The maximum atomic E-state index is 9.36. The molecule has 2 rings (SSSR count). The second-order valence-electron chi connectivity index (χ2n) is 3.13. The molecule has 0 aliphatic heterocycles. The standard InChI is InChI=1S/C11H6Cl3NO/c12-9-3-1-2-7(10(9)13)8-4-6(16)5-15-11(8)14/h1-5,16H. The Bertz CT molecular complexity index is 543. The zero-order valence-electron chi connectivity index (χ0n) is 7.92. The van der Waals surface area contributed by atoms with Crippen molar-refractivity contribution in [2.45, 2.75) is 0 Å². The summed E-state index contributed by atoms with van der Waals surface area (Å²) >= 11 is 17.9. The van der Waals surface area contributed by atoms with Crippen molar-refractivity contribution in [2.24, 2.45) is 0 Å². The van der Waals surface area contributed by atoms with E-state index in [1.807, 2.05) is 0 Å². The molecule has 1 aromatic heterocycles. The van der Waals surface area contributed by atoms with Gasteiger partial charge in [-0.3, -0.25) is 0 Å². The van der Waals surface area contributed by atoms with E-state index in [0.717, 1.165) is 0 Å². The number of hydrogen-bond donors (Lipinski definition) is 1. The smallest absolute Gasteiger partial charge is 0.137 e. The molecule has 5 heteroatoms. The number of halogens is 3. The molecule has 0 aliphatic carbocycles. The molecule has 0 bridgehead atoms. The third kappa shape index (κ3) is 2.09. The minimum absolute atomic E-state index is 0.0236. The number of rotatable bonds is 1. The van der Waals surface area contributed by atoms with Crippen LogP contribution in [0.25, 0.3) is 11.1 Å². The molecule has 2 nitrogen and oxygen atoms in total. The first-order valence-electron chi connectivity index (χ1n) is 4.38. The van der Waals surface area contributed by atoms with Crippen LogP contribution in [-0.2, 0) is 0 Å². The number of benzene rings is 1. The minimum atomic E-state index is 0.0236. The molecular weight excluding hydrogens is 268 g/mol. The van der Waals surface area contributed by atoms with E-state index in [1.54, 1.807) is 18.2 Å². The Kier molecular flexibility index (Phi) is 3.24. The number of hydrogen-bond acceptors (Lipinski definition) is 2. The van der Waals surface area contributed by atoms with Gasteiger partial charge in [-0.2, -0.15) is 0 Å². The van der Waals surface area contributed by atoms with Crippen LogP contribution in [0, 0.1) is 0 Å². The number of pyridine rings is 1.